The van der Waals surface area contributed by atoms with E-state index in [1.54, 1.807) is 0 Å². The lowest BCUT2D eigenvalue weighted by atomic mass is 10.1. The highest BCUT2D eigenvalue weighted by Crippen LogP contribution is 2.29. The first-order chi connectivity index (χ1) is 9.08. The van der Waals surface area contributed by atoms with Crippen LogP contribution in [-0.4, -0.2) is 12.6 Å². The Balaban J connectivity index is 2.10. The minimum atomic E-state index is 0.527. The van der Waals surface area contributed by atoms with Crippen molar-refractivity contribution in [3.05, 3.63) is 41.1 Å². The summed E-state index contributed by atoms with van der Waals surface area (Å²) in [6, 6.07) is 8.38. The van der Waals surface area contributed by atoms with E-state index in [1.165, 1.54) is 0 Å². The second-order valence-electron chi connectivity index (χ2n) is 5.05. The zero-order valence-corrected chi connectivity index (χ0v) is 12.4. The molecule has 1 aromatic carbocycles. The van der Waals surface area contributed by atoms with E-state index in [2.05, 4.69) is 32.2 Å². The number of nitrogens with one attached hydrogen (secondary N) is 1. The molecule has 0 aliphatic carbocycles. The number of hydrogen-bond acceptors (Lipinski definition) is 2. The van der Waals surface area contributed by atoms with E-state index in [4.69, 9.17) is 16.0 Å². The molecule has 102 valence electrons. The van der Waals surface area contributed by atoms with Crippen LogP contribution in [0.1, 0.15) is 33.0 Å². The van der Waals surface area contributed by atoms with Gasteiger partial charge in [-0.05, 0) is 37.6 Å². The molecular formula is C16H20ClNO. The van der Waals surface area contributed by atoms with Crippen molar-refractivity contribution in [3.8, 4) is 0 Å². The van der Waals surface area contributed by atoms with E-state index in [1.807, 2.05) is 24.3 Å². The third-order valence-electron chi connectivity index (χ3n) is 3.03. The minimum Gasteiger partial charge on any atom is -0.455 e. The summed E-state index contributed by atoms with van der Waals surface area (Å²) in [5.74, 6) is 0.896. The van der Waals surface area contributed by atoms with E-state index in [9.17, 15) is 0 Å². The first kappa shape index (κ1) is 14.2. The van der Waals surface area contributed by atoms with Crippen molar-refractivity contribution in [3.63, 3.8) is 0 Å². The van der Waals surface area contributed by atoms with Crippen LogP contribution in [0.15, 0.2) is 34.8 Å². The molecule has 3 heteroatoms. The average molecular weight is 278 g/mol. The van der Waals surface area contributed by atoms with Gasteiger partial charge in [-0.1, -0.05) is 43.7 Å². The normalized spacial score (nSPS) is 12.6. The summed E-state index contributed by atoms with van der Waals surface area (Å²) in [5.41, 5.74) is 1.92. The van der Waals surface area contributed by atoms with Gasteiger partial charge in [0.25, 0.3) is 0 Å². The minimum absolute atomic E-state index is 0.527. The van der Waals surface area contributed by atoms with Crippen LogP contribution < -0.4 is 5.32 Å². The third-order valence-corrected chi connectivity index (χ3v) is 3.33. The van der Waals surface area contributed by atoms with E-state index in [0.29, 0.717) is 11.1 Å². The van der Waals surface area contributed by atoms with Crippen molar-refractivity contribution in [2.24, 2.45) is 0 Å². The molecular weight excluding hydrogens is 258 g/mol. The van der Waals surface area contributed by atoms with Crippen molar-refractivity contribution in [1.29, 1.82) is 0 Å². The fourth-order valence-corrected chi connectivity index (χ4v) is 2.20. The highest BCUT2D eigenvalue weighted by Gasteiger charge is 2.07. The average Bonchev–Trinajstić information content (AvgIpc) is 2.79. The van der Waals surface area contributed by atoms with Crippen LogP contribution in [0.3, 0.4) is 0 Å². The molecule has 0 unspecified atom stereocenters. The topological polar surface area (TPSA) is 25.2 Å². The Morgan fingerprint density at radius 1 is 1.42 bits per heavy atom. The predicted octanol–water partition coefficient (Wildman–Crippen LogP) is 4.88. The Bertz CT molecular complexity index is 583. The number of halogens is 1. The van der Waals surface area contributed by atoms with Crippen LogP contribution in [0, 0.1) is 0 Å². The molecule has 0 aliphatic heterocycles. The quantitative estimate of drug-likeness (QED) is 0.788. The third kappa shape index (κ3) is 3.62. The van der Waals surface area contributed by atoms with Crippen molar-refractivity contribution in [2.45, 2.75) is 33.2 Å². The fourth-order valence-electron chi connectivity index (χ4n) is 1.98. The largest absolute Gasteiger partial charge is 0.455 e. The smallest absolute Gasteiger partial charge is 0.153 e. The number of para-hydroxylation sites is 1. The van der Waals surface area contributed by atoms with Gasteiger partial charge in [-0.2, -0.15) is 0 Å². The van der Waals surface area contributed by atoms with Crippen molar-refractivity contribution < 1.29 is 4.42 Å². The number of rotatable bonds is 5. The summed E-state index contributed by atoms with van der Waals surface area (Å²) in [7, 11) is 0. The summed E-state index contributed by atoms with van der Waals surface area (Å²) in [6.07, 6.45) is 3.19. The zero-order valence-electron chi connectivity index (χ0n) is 11.7. The van der Waals surface area contributed by atoms with Crippen molar-refractivity contribution >= 4 is 28.1 Å². The number of benzene rings is 1. The van der Waals surface area contributed by atoms with Gasteiger partial charge in [-0.15, -0.1) is 0 Å². The van der Waals surface area contributed by atoms with Crippen molar-refractivity contribution in [2.75, 3.05) is 6.54 Å². The molecule has 0 atom stereocenters. The number of furan rings is 1. The molecule has 1 heterocycles. The van der Waals surface area contributed by atoms with Crippen LogP contribution in [-0.2, 0) is 0 Å². The molecule has 0 aliphatic rings. The summed E-state index contributed by atoms with van der Waals surface area (Å²) in [5, 5.41) is 5.11. The van der Waals surface area contributed by atoms with Gasteiger partial charge in [0.2, 0.25) is 0 Å². The van der Waals surface area contributed by atoms with Gasteiger partial charge in [0.15, 0.2) is 5.58 Å². The molecule has 2 nitrogen and oxygen atoms in total. The highest BCUT2D eigenvalue weighted by atomic mass is 35.5. The van der Waals surface area contributed by atoms with Crippen LogP contribution >= 0.6 is 11.6 Å². The Labute approximate surface area is 119 Å². The zero-order chi connectivity index (χ0) is 13.8. The summed E-state index contributed by atoms with van der Waals surface area (Å²) >= 11 is 6.11. The Morgan fingerprint density at radius 2 is 2.21 bits per heavy atom. The summed E-state index contributed by atoms with van der Waals surface area (Å²) in [4.78, 5) is 0. The molecule has 0 bridgehead atoms. The number of fused-ring (bicyclic) bond motifs is 1. The SMILES string of the molecule is C/C(=C/CCNC(C)C)c1cc2cccc(Cl)c2o1. The number of allylic oxidation sites excluding steroid dienone is 1. The molecule has 0 fully saturated rings. The molecule has 2 rings (SSSR count). The van der Waals surface area contributed by atoms with Gasteiger partial charge in [0.05, 0.1) is 5.02 Å². The van der Waals surface area contributed by atoms with Crippen molar-refractivity contribution in [1.82, 2.24) is 5.32 Å². The van der Waals surface area contributed by atoms with E-state index in [0.717, 1.165) is 35.3 Å². The maximum absolute atomic E-state index is 6.11. The number of hydrogen-bond donors (Lipinski definition) is 1. The first-order valence-corrected chi connectivity index (χ1v) is 7.04. The summed E-state index contributed by atoms with van der Waals surface area (Å²) < 4.78 is 5.82. The molecule has 1 aromatic heterocycles. The second-order valence-corrected chi connectivity index (χ2v) is 5.46. The van der Waals surface area contributed by atoms with Crippen LogP contribution in [0.5, 0.6) is 0 Å². The first-order valence-electron chi connectivity index (χ1n) is 6.66. The molecule has 1 N–H and O–H groups in total. The lowest BCUT2D eigenvalue weighted by molar-refractivity contribution is 0.591. The van der Waals surface area contributed by atoms with Gasteiger partial charge < -0.3 is 9.73 Å². The van der Waals surface area contributed by atoms with Gasteiger partial charge in [0.1, 0.15) is 5.76 Å². The molecule has 0 saturated heterocycles. The standard InChI is InChI=1S/C16H20ClNO/c1-11(2)18-9-5-6-12(3)15-10-13-7-4-8-14(17)16(13)19-15/h4,6-8,10-11,18H,5,9H2,1-3H3/b12-6-. The molecule has 0 spiro atoms. The highest BCUT2D eigenvalue weighted by molar-refractivity contribution is 6.34. The van der Waals surface area contributed by atoms with Crippen LogP contribution in [0.25, 0.3) is 16.5 Å². The molecule has 0 saturated carbocycles. The Morgan fingerprint density at radius 3 is 2.89 bits per heavy atom. The second kappa shape index (κ2) is 6.27. The summed E-state index contributed by atoms with van der Waals surface area (Å²) in [6.45, 7) is 7.35. The molecule has 19 heavy (non-hydrogen) atoms. The van der Waals surface area contributed by atoms with E-state index >= 15 is 0 Å². The van der Waals surface area contributed by atoms with Gasteiger partial charge in [-0.3, -0.25) is 0 Å². The predicted molar refractivity (Wildman–Crippen MR) is 82.6 cm³/mol. The van der Waals surface area contributed by atoms with Crippen LogP contribution in [0.2, 0.25) is 5.02 Å². The lowest BCUT2D eigenvalue weighted by Crippen LogP contribution is -2.23. The van der Waals surface area contributed by atoms with Gasteiger partial charge >= 0.3 is 0 Å². The van der Waals surface area contributed by atoms with Gasteiger partial charge in [0, 0.05) is 11.4 Å². The Hall–Kier alpha value is -1.25. The fraction of sp³-hybridized carbons (Fsp3) is 0.375. The maximum Gasteiger partial charge on any atom is 0.153 e. The van der Waals surface area contributed by atoms with E-state index < -0.39 is 0 Å². The monoisotopic (exact) mass is 277 g/mol. The molecule has 0 radical (unpaired) electrons. The van der Waals surface area contributed by atoms with Gasteiger partial charge in [-0.25, -0.2) is 0 Å². The van der Waals surface area contributed by atoms with Crippen LogP contribution in [0.4, 0.5) is 0 Å². The maximum atomic E-state index is 6.11. The van der Waals surface area contributed by atoms with E-state index in [-0.39, 0.29) is 0 Å². The Kier molecular flexibility index (Phi) is 4.67. The molecule has 0 amide bonds. The lowest BCUT2D eigenvalue weighted by Gasteiger charge is -2.05. The molecule has 2 aromatic rings.